The molecule has 28 heavy (non-hydrogen) atoms. The Hall–Kier alpha value is -3.55. The molecule has 4 rings (SSSR count). The first-order chi connectivity index (χ1) is 13.6. The van der Waals surface area contributed by atoms with Gasteiger partial charge in [0.2, 0.25) is 0 Å². The fraction of sp³-hybridized carbons (Fsp3) is 0.200. The van der Waals surface area contributed by atoms with Crippen LogP contribution in [0.4, 0.5) is 20.7 Å². The summed E-state index contributed by atoms with van der Waals surface area (Å²) in [7, 11) is 0. The van der Waals surface area contributed by atoms with Crippen molar-refractivity contribution in [3.8, 4) is 11.3 Å². The van der Waals surface area contributed by atoms with Crippen LogP contribution in [0.25, 0.3) is 11.3 Å². The van der Waals surface area contributed by atoms with Gasteiger partial charge in [0.1, 0.15) is 11.6 Å². The van der Waals surface area contributed by atoms with E-state index in [1.54, 1.807) is 53.7 Å². The number of anilines is 2. The molecule has 3 N–H and O–H groups in total. The van der Waals surface area contributed by atoms with E-state index in [2.05, 4.69) is 20.3 Å². The van der Waals surface area contributed by atoms with Crippen molar-refractivity contribution in [1.82, 2.24) is 19.9 Å². The van der Waals surface area contributed by atoms with Gasteiger partial charge in [-0.05, 0) is 36.8 Å². The Morgan fingerprint density at radius 3 is 2.71 bits per heavy atom. The number of aromatic nitrogens is 3. The van der Waals surface area contributed by atoms with E-state index in [0.29, 0.717) is 30.0 Å². The molecule has 0 aliphatic carbocycles. The lowest BCUT2D eigenvalue weighted by molar-refractivity contribution is 0.222. The molecule has 0 radical (unpaired) electrons. The molecule has 1 atom stereocenters. The summed E-state index contributed by atoms with van der Waals surface area (Å²) >= 11 is 0. The number of amides is 2. The molecule has 1 aliphatic heterocycles. The fourth-order valence-electron chi connectivity index (χ4n) is 3.25. The van der Waals surface area contributed by atoms with Gasteiger partial charge in [-0.2, -0.15) is 0 Å². The second-order valence-corrected chi connectivity index (χ2v) is 6.58. The minimum absolute atomic E-state index is 0.0991. The topological polar surface area (TPSA) is 97.0 Å². The van der Waals surface area contributed by atoms with Gasteiger partial charge in [0.25, 0.3) is 0 Å². The first-order valence-electron chi connectivity index (χ1n) is 8.96. The third-order valence-corrected chi connectivity index (χ3v) is 4.73. The minimum Gasteiger partial charge on any atom is -0.396 e. The monoisotopic (exact) mass is 378 g/mol. The van der Waals surface area contributed by atoms with Crippen molar-refractivity contribution in [2.45, 2.75) is 12.3 Å². The standard InChI is InChI=1S/C20H19FN6O/c21-15-5-2-1-4-14(15)17-7-6-16(22)19(25-17)26-20(28)27-11-8-13(12-27)18-23-9-3-10-24-18/h1-7,9-10,13H,8,11-12,22H2,(H,25,26,28)/t13-/m1/s1. The lowest BCUT2D eigenvalue weighted by atomic mass is 10.1. The van der Waals surface area contributed by atoms with Crippen molar-refractivity contribution in [2.24, 2.45) is 0 Å². The van der Waals surface area contributed by atoms with Crippen LogP contribution >= 0.6 is 0 Å². The van der Waals surface area contributed by atoms with Gasteiger partial charge in [-0.25, -0.2) is 24.1 Å². The zero-order valence-electron chi connectivity index (χ0n) is 15.0. The highest BCUT2D eigenvalue weighted by Crippen LogP contribution is 2.27. The Labute approximate surface area is 161 Å². The molecular formula is C20H19FN6O. The Bertz CT molecular complexity index is 997. The maximum atomic E-state index is 14.0. The maximum absolute atomic E-state index is 14.0. The van der Waals surface area contributed by atoms with E-state index in [1.807, 2.05) is 0 Å². The summed E-state index contributed by atoms with van der Waals surface area (Å²) in [6.45, 7) is 1.10. The number of nitrogens with two attached hydrogens (primary N) is 1. The van der Waals surface area contributed by atoms with E-state index in [4.69, 9.17) is 5.73 Å². The molecule has 7 nitrogen and oxygen atoms in total. The van der Waals surface area contributed by atoms with E-state index in [9.17, 15) is 9.18 Å². The molecule has 3 heterocycles. The van der Waals surface area contributed by atoms with Crippen molar-refractivity contribution >= 4 is 17.5 Å². The average molecular weight is 378 g/mol. The van der Waals surface area contributed by atoms with Gasteiger partial charge in [-0.15, -0.1) is 0 Å². The normalized spacial score (nSPS) is 16.2. The van der Waals surface area contributed by atoms with Crippen LogP contribution in [0.1, 0.15) is 18.2 Å². The minimum atomic E-state index is -0.387. The second-order valence-electron chi connectivity index (χ2n) is 6.58. The van der Waals surface area contributed by atoms with E-state index in [-0.39, 0.29) is 23.6 Å². The Kier molecular flexibility index (Phi) is 4.84. The largest absolute Gasteiger partial charge is 0.396 e. The van der Waals surface area contributed by atoms with Gasteiger partial charge >= 0.3 is 6.03 Å². The van der Waals surface area contributed by atoms with E-state index in [1.165, 1.54) is 6.07 Å². The molecule has 1 fully saturated rings. The predicted molar refractivity (Wildman–Crippen MR) is 104 cm³/mol. The van der Waals surface area contributed by atoms with Crippen LogP contribution < -0.4 is 11.1 Å². The number of hydrogen-bond donors (Lipinski definition) is 2. The Morgan fingerprint density at radius 2 is 1.93 bits per heavy atom. The van der Waals surface area contributed by atoms with Gasteiger partial charge in [0.15, 0.2) is 5.82 Å². The van der Waals surface area contributed by atoms with Crippen LogP contribution in [0.15, 0.2) is 54.9 Å². The first kappa shape index (κ1) is 17.8. The number of likely N-dealkylation sites (tertiary alicyclic amines) is 1. The molecule has 8 heteroatoms. The summed E-state index contributed by atoms with van der Waals surface area (Å²) in [5.74, 6) is 0.659. The number of rotatable bonds is 3. The zero-order valence-corrected chi connectivity index (χ0v) is 15.0. The summed E-state index contributed by atoms with van der Waals surface area (Å²) < 4.78 is 14.0. The van der Waals surface area contributed by atoms with Crippen molar-refractivity contribution in [2.75, 3.05) is 24.1 Å². The highest BCUT2D eigenvalue weighted by molar-refractivity contribution is 5.92. The van der Waals surface area contributed by atoms with Crippen LogP contribution in [-0.4, -0.2) is 39.0 Å². The number of carbonyl (C=O) groups excluding carboxylic acids is 1. The van der Waals surface area contributed by atoms with E-state index in [0.717, 1.165) is 12.2 Å². The molecule has 2 aromatic heterocycles. The lowest BCUT2D eigenvalue weighted by Gasteiger charge is -2.18. The van der Waals surface area contributed by atoms with Gasteiger partial charge < -0.3 is 10.6 Å². The summed E-state index contributed by atoms with van der Waals surface area (Å²) in [5.41, 5.74) is 7.03. The lowest BCUT2D eigenvalue weighted by Crippen LogP contribution is -2.33. The van der Waals surface area contributed by atoms with Crippen LogP contribution in [0.3, 0.4) is 0 Å². The molecule has 1 aliphatic rings. The molecule has 2 amide bonds. The van der Waals surface area contributed by atoms with Crippen LogP contribution in [0.5, 0.6) is 0 Å². The fourth-order valence-corrected chi connectivity index (χ4v) is 3.25. The SMILES string of the molecule is Nc1ccc(-c2ccccc2F)nc1NC(=O)N1CC[C@@H](c2ncccn2)C1. The number of hydrogen-bond acceptors (Lipinski definition) is 5. The van der Waals surface area contributed by atoms with Crippen molar-refractivity contribution < 1.29 is 9.18 Å². The highest BCUT2D eigenvalue weighted by Gasteiger charge is 2.29. The summed E-state index contributed by atoms with van der Waals surface area (Å²) in [4.78, 5) is 27.2. The number of nitrogen functional groups attached to an aromatic ring is 1. The summed E-state index contributed by atoms with van der Waals surface area (Å²) in [5, 5.41) is 2.74. The number of pyridine rings is 1. The van der Waals surface area contributed by atoms with Crippen molar-refractivity contribution in [3.63, 3.8) is 0 Å². The third kappa shape index (κ3) is 3.62. The second kappa shape index (κ2) is 7.59. The number of benzene rings is 1. The van der Waals surface area contributed by atoms with Gasteiger partial charge in [-0.1, -0.05) is 12.1 Å². The number of nitrogens with one attached hydrogen (secondary N) is 1. The van der Waals surface area contributed by atoms with Gasteiger partial charge in [0, 0.05) is 37.0 Å². The number of carbonyl (C=O) groups is 1. The molecule has 1 aromatic carbocycles. The molecule has 0 unspecified atom stereocenters. The van der Waals surface area contributed by atoms with Crippen LogP contribution in [0, 0.1) is 5.82 Å². The van der Waals surface area contributed by atoms with Crippen molar-refractivity contribution in [3.05, 3.63) is 66.5 Å². The van der Waals surface area contributed by atoms with E-state index >= 15 is 0 Å². The molecule has 3 aromatic rings. The van der Waals surface area contributed by atoms with Gasteiger partial charge in [0.05, 0.1) is 11.4 Å². The van der Waals surface area contributed by atoms with Gasteiger partial charge in [-0.3, -0.25) is 5.32 Å². The van der Waals surface area contributed by atoms with Crippen LogP contribution in [0.2, 0.25) is 0 Å². The Morgan fingerprint density at radius 1 is 1.14 bits per heavy atom. The summed E-state index contributed by atoms with van der Waals surface area (Å²) in [6, 6.07) is 11.0. The van der Waals surface area contributed by atoms with E-state index < -0.39 is 0 Å². The first-order valence-corrected chi connectivity index (χ1v) is 8.96. The predicted octanol–water partition coefficient (Wildman–Crippen LogP) is 3.28. The molecule has 142 valence electrons. The van der Waals surface area contributed by atoms with Crippen molar-refractivity contribution in [1.29, 1.82) is 0 Å². The quantitative estimate of drug-likeness (QED) is 0.729. The Balaban J connectivity index is 1.49. The molecular weight excluding hydrogens is 359 g/mol. The smallest absolute Gasteiger partial charge is 0.323 e. The molecule has 0 bridgehead atoms. The summed E-state index contributed by atoms with van der Waals surface area (Å²) in [6.07, 6.45) is 4.18. The number of nitrogens with zero attached hydrogens (tertiary/aromatic N) is 4. The third-order valence-electron chi connectivity index (χ3n) is 4.73. The average Bonchev–Trinajstić information content (AvgIpc) is 3.21. The number of halogens is 1. The molecule has 0 saturated carbocycles. The molecule has 0 spiro atoms. The highest BCUT2D eigenvalue weighted by atomic mass is 19.1. The van der Waals surface area contributed by atoms with Crippen LogP contribution in [-0.2, 0) is 0 Å². The zero-order chi connectivity index (χ0) is 19.5. The maximum Gasteiger partial charge on any atom is 0.323 e. The molecule has 1 saturated heterocycles. The number of urea groups is 1.